The molecule has 2 aromatic heterocycles. The Morgan fingerprint density at radius 1 is 1.00 bits per heavy atom. The fraction of sp³-hybridized carbons (Fsp3) is 0.0556. The van der Waals surface area contributed by atoms with Gasteiger partial charge in [0.25, 0.3) is 11.8 Å². The van der Waals surface area contributed by atoms with Crippen molar-refractivity contribution in [3.63, 3.8) is 0 Å². The number of carbonyl (C=O) groups is 2. The summed E-state index contributed by atoms with van der Waals surface area (Å²) in [5.74, 6) is 0.587. The number of anilines is 2. The van der Waals surface area contributed by atoms with Crippen LogP contribution in [0.15, 0.2) is 65.4 Å². The maximum absolute atomic E-state index is 12.2. The van der Waals surface area contributed by atoms with Gasteiger partial charge in [-0.15, -0.1) is 0 Å². The standard InChI is InChI=1S/C18H15N3O4/c1-24-14-7-4-12(5-8-14)17(22)21-16-9-6-13(11-19-16)20-18(23)15-3-2-10-25-15/h2-11H,1H3,(H,20,23)(H,19,21,22). The van der Waals surface area contributed by atoms with Crippen LogP contribution in [0, 0.1) is 0 Å². The molecule has 0 spiro atoms. The van der Waals surface area contributed by atoms with Crippen LogP contribution < -0.4 is 15.4 Å². The van der Waals surface area contributed by atoms with E-state index in [2.05, 4.69) is 15.6 Å². The zero-order valence-corrected chi connectivity index (χ0v) is 13.4. The number of amides is 2. The van der Waals surface area contributed by atoms with Gasteiger partial charge in [-0.3, -0.25) is 9.59 Å². The minimum absolute atomic E-state index is 0.205. The van der Waals surface area contributed by atoms with Crippen LogP contribution in [0.25, 0.3) is 0 Å². The van der Waals surface area contributed by atoms with Gasteiger partial charge < -0.3 is 19.8 Å². The van der Waals surface area contributed by atoms with Gasteiger partial charge in [0.15, 0.2) is 5.76 Å². The van der Waals surface area contributed by atoms with Crippen LogP contribution in [0.1, 0.15) is 20.9 Å². The average molecular weight is 337 g/mol. The number of methoxy groups -OCH3 is 1. The van der Waals surface area contributed by atoms with Crippen LogP contribution in [0.4, 0.5) is 11.5 Å². The molecular weight excluding hydrogens is 322 g/mol. The Morgan fingerprint density at radius 2 is 1.80 bits per heavy atom. The topological polar surface area (TPSA) is 93.5 Å². The first-order valence-corrected chi connectivity index (χ1v) is 7.42. The van der Waals surface area contributed by atoms with Crippen LogP contribution in [-0.4, -0.2) is 23.9 Å². The zero-order valence-electron chi connectivity index (χ0n) is 13.4. The molecule has 0 fully saturated rings. The van der Waals surface area contributed by atoms with Crippen molar-refractivity contribution in [1.82, 2.24) is 4.98 Å². The Morgan fingerprint density at radius 3 is 2.40 bits per heavy atom. The second-order valence-electron chi connectivity index (χ2n) is 5.05. The molecule has 3 rings (SSSR count). The third-order valence-electron chi connectivity index (χ3n) is 3.36. The molecule has 0 radical (unpaired) electrons. The van der Waals surface area contributed by atoms with Gasteiger partial charge in [-0.2, -0.15) is 0 Å². The molecule has 2 amide bonds. The Balaban J connectivity index is 1.61. The summed E-state index contributed by atoms with van der Waals surface area (Å²) in [4.78, 5) is 28.1. The van der Waals surface area contributed by atoms with E-state index < -0.39 is 0 Å². The van der Waals surface area contributed by atoms with E-state index in [1.54, 1.807) is 55.6 Å². The van der Waals surface area contributed by atoms with Crippen molar-refractivity contribution in [3.05, 3.63) is 72.3 Å². The largest absolute Gasteiger partial charge is 0.497 e. The smallest absolute Gasteiger partial charge is 0.291 e. The number of ether oxygens (including phenoxy) is 1. The number of nitrogens with one attached hydrogen (secondary N) is 2. The van der Waals surface area contributed by atoms with Crippen LogP contribution >= 0.6 is 0 Å². The highest BCUT2D eigenvalue weighted by Crippen LogP contribution is 2.15. The quantitative estimate of drug-likeness (QED) is 0.746. The fourth-order valence-electron chi connectivity index (χ4n) is 2.07. The second-order valence-corrected chi connectivity index (χ2v) is 5.05. The predicted molar refractivity (Wildman–Crippen MR) is 91.8 cm³/mol. The van der Waals surface area contributed by atoms with Crippen molar-refractivity contribution in [1.29, 1.82) is 0 Å². The first kappa shape index (κ1) is 16.3. The summed E-state index contributed by atoms with van der Waals surface area (Å²) in [5, 5.41) is 5.33. The number of carbonyl (C=O) groups excluding carboxylic acids is 2. The summed E-state index contributed by atoms with van der Waals surface area (Å²) in [7, 11) is 1.56. The van der Waals surface area contributed by atoms with Gasteiger partial charge in [-0.05, 0) is 48.5 Å². The molecule has 25 heavy (non-hydrogen) atoms. The van der Waals surface area contributed by atoms with Crippen LogP contribution in [0.5, 0.6) is 5.75 Å². The third kappa shape index (κ3) is 4.03. The van der Waals surface area contributed by atoms with E-state index in [0.29, 0.717) is 22.8 Å². The molecule has 126 valence electrons. The van der Waals surface area contributed by atoms with Crippen molar-refractivity contribution in [2.24, 2.45) is 0 Å². The molecule has 2 N–H and O–H groups in total. The van der Waals surface area contributed by atoms with Crippen LogP contribution in [0.3, 0.4) is 0 Å². The number of nitrogens with zero attached hydrogens (tertiary/aromatic N) is 1. The minimum atomic E-state index is -0.373. The second kappa shape index (κ2) is 7.31. The first-order valence-electron chi connectivity index (χ1n) is 7.42. The lowest BCUT2D eigenvalue weighted by atomic mass is 10.2. The van der Waals surface area contributed by atoms with E-state index in [-0.39, 0.29) is 17.6 Å². The first-order chi connectivity index (χ1) is 12.2. The van der Waals surface area contributed by atoms with Gasteiger partial charge in [0.05, 0.1) is 25.3 Å². The Labute approximate surface area is 143 Å². The molecular formula is C18H15N3O4. The predicted octanol–water partition coefficient (Wildman–Crippen LogP) is 3.19. The Kier molecular flexibility index (Phi) is 4.75. The number of hydrogen-bond acceptors (Lipinski definition) is 5. The molecule has 1 aromatic carbocycles. The van der Waals surface area contributed by atoms with Crippen LogP contribution in [0.2, 0.25) is 0 Å². The van der Waals surface area contributed by atoms with Crippen molar-refractivity contribution in [3.8, 4) is 5.75 Å². The molecule has 7 heteroatoms. The van der Waals surface area contributed by atoms with Crippen LogP contribution in [-0.2, 0) is 0 Å². The highest BCUT2D eigenvalue weighted by Gasteiger charge is 2.10. The molecule has 0 aliphatic carbocycles. The average Bonchev–Trinajstić information content (AvgIpc) is 3.18. The van der Waals surface area contributed by atoms with E-state index >= 15 is 0 Å². The lowest BCUT2D eigenvalue weighted by Crippen LogP contribution is -2.14. The molecule has 7 nitrogen and oxygen atoms in total. The lowest BCUT2D eigenvalue weighted by Gasteiger charge is -2.07. The molecule has 0 saturated carbocycles. The highest BCUT2D eigenvalue weighted by molar-refractivity contribution is 6.04. The highest BCUT2D eigenvalue weighted by atomic mass is 16.5. The van der Waals surface area contributed by atoms with Gasteiger partial charge in [0.2, 0.25) is 0 Å². The third-order valence-corrected chi connectivity index (χ3v) is 3.36. The molecule has 0 unspecified atom stereocenters. The van der Waals surface area contributed by atoms with E-state index in [1.165, 1.54) is 12.5 Å². The van der Waals surface area contributed by atoms with E-state index in [0.717, 1.165) is 0 Å². The zero-order chi connectivity index (χ0) is 17.6. The maximum Gasteiger partial charge on any atom is 0.291 e. The van der Waals surface area contributed by atoms with Gasteiger partial charge in [0, 0.05) is 5.56 Å². The van der Waals surface area contributed by atoms with Crippen molar-refractivity contribution in [2.75, 3.05) is 17.7 Å². The SMILES string of the molecule is COc1ccc(C(=O)Nc2ccc(NC(=O)c3ccco3)cn2)cc1. The molecule has 0 aliphatic rings. The number of hydrogen-bond donors (Lipinski definition) is 2. The minimum Gasteiger partial charge on any atom is -0.497 e. The lowest BCUT2D eigenvalue weighted by molar-refractivity contribution is 0.0994. The molecule has 0 aliphatic heterocycles. The summed E-state index contributed by atoms with van der Waals surface area (Å²) in [6.07, 6.45) is 2.87. The number of rotatable bonds is 5. The summed E-state index contributed by atoms with van der Waals surface area (Å²) in [6, 6.07) is 13.2. The molecule has 3 aromatic rings. The summed E-state index contributed by atoms with van der Waals surface area (Å²) < 4.78 is 10.1. The van der Waals surface area contributed by atoms with Crippen molar-refractivity contribution >= 4 is 23.3 Å². The van der Waals surface area contributed by atoms with E-state index in [1.807, 2.05) is 0 Å². The van der Waals surface area contributed by atoms with Gasteiger partial charge >= 0.3 is 0 Å². The molecule has 0 bridgehead atoms. The molecule has 0 saturated heterocycles. The van der Waals surface area contributed by atoms with Gasteiger partial charge in [-0.1, -0.05) is 0 Å². The van der Waals surface area contributed by atoms with Gasteiger partial charge in [0.1, 0.15) is 11.6 Å². The van der Waals surface area contributed by atoms with Crippen molar-refractivity contribution in [2.45, 2.75) is 0 Å². The Hall–Kier alpha value is -3.61. The Bertz CT molecular complexity index is 856. The number of furan rings is 1. The summed E-state index contributed by atoms with van der Waals surface area (Å²) in [6.45, 7) is 0. The summed E-state index contributed by atoms with van der Waals surface area (Å²) >= 11 is 0. The monoisotopic (exact) mass is 337 g/mol. The number of benzene rings is 1. The van der Waals surface area contributed by atoms with Gasteiger partial charge in [-0.25, -0.2) is 4.98 Å². The summed E-state index contributed by atoms with van der Waals surface area (Å²) in [5.41, 5.74) is 0.974. The normalized spacial score (nSPS) is 10.1. The van der Waals surface area contributed by atoms with E-state index in [9.17, 15) is 9.59 Å². The number of pyridine rings is 1. The maximum atomic E-state index is 12.2. The number of aromatic nitrogens is 1. The molecule has 0 atom stereocenters. The fourth-order valence-corrected chi connectivity index (χ4v) is 2.07. The van der Waals surface area contributed by atoms with Crippen molar-refractivity contribution < 1.29 is 18.7 Å². The van der Waals surface area contributed by atoms with E-state index in [4.69, 9.17) is 9.15 Å². The molecule has 2 heterocycles.